The van der Waals surface area contributed by atoms with E-state index in [9.17, 15) is 9.59 Å². The van der Waals surface area contributed by atoms with Crippen LogP contribution in [0.25, 0.3) is 0 Å². The van der Waals surface area contributed by atoms with Crippen LogP contribution in [0, 0.1) is 5.92 Å². The van der Waals surface area contributed by atoms with Crippen LogP contribution in [0.2, 0.25) is 0 Å². The predicted molar refractivity (Wildman–Crippen MR) is 81.0 cm³/mol. The molecule has 1 N–H and O–H groups in total. The number of aliphatic carboxylic acids is 1. The van der Waals surface area contributed by atoms with Crippen molar-refractivity contribution in [2.45, 2.75) is 71.0 Å². The van der Waals surface area contributed by atoms with E-state index in [0.29, 0.717) is 24.4 Å². The summed E-state index contributed by atoms with van der Waals surface area (Å²) in [6, 6.07) is 0.893. The monoisotopic (exact) mass is 296 g/mol. The summed E-state index contributed by atoms with van der Waals surface area (Å²) in [5.74, 6) is -0.174. The molecule has 2 aliphatic rings. The number of carboxylic acids is 1. The van der Waals surface area contributed by atoms with Crippen molar-refractivity contribution in [1.82, 2.24) is 9.80 Å². The number of likely N-dealkylation sites (tertiary alicyclic amines) is 2. The van der Waals surface area contributed by atoms with E-state index in [0.717, 1.165) is 19.5 Å². The fraction of sp³-hybridized carbons (Fsp3) is 0.875. The molecule has 21 heavy (non-hydrogen) atoms. The van der Waals surface area contributed by atoms with Gasteiger partial charge >= 0.3 is 5.97 Å². The number of carbonyl (C=O) groups is 2. The molecule has 1 amide bonds. The lowest BCUT2D eigenvalue weighted by molar-refractivity contribution is -0.137. The number of amides is 1. The first-order chi connectivity index (χ1) is 9.90. The third-order valence-corrected chi connectivity index (χ3v) is 5.19. The Kier molecular flexibility index (Phi) is 5.25. The molecule has 2 saturated heterocycles. The van der Waals surface area contributed by atoms with Gasteiger partial charge in [-0.1, -0.05) is 0 Å². The van der Waals surface area contributed by atoms with E-state index in [1.165, 1.54) is 12.8 Å². The van der Waals surface area contributed by atoms with Gasteiger partial charge in [-0.15, -0.1) is 0 Å². The highest BCUT2D eigenvalue weighted by atomic mass is 16.4. The van der Waals surface area contributed by atoms with Gasteiger partial charge in [0.15, 0.2) is 0 Å². The zero-order valence-corrected chi connectivity index (χ0v) is 13.4. The van der Waals surface area contributed by atoms with E-state index in [1.54, 1.807) is 0 Å². The molecule has 4 unspecified atom stereocenters. The van der Waals surface area contributed by atoms with Crippen LogP contribution >= 0.6 is 0 Å². The van der Waals surface area contributed by atoms with Gasteiger partial charge in [0.1, 0.15) is 0 Å². The smallest absolute Gasteiger partial charge is 0.303 e. The molecule has 2 aliphatic heterocycles. The topological polar surface area (TPSA) is 60.9 Å². The molecule has 5 heteroatoms. The minimum atomic E-state index is -0.743. The van der Waals surface area contributed by atoms with E-state index in [1.807, 2.05) is 11.8 Å². The summed E-state index contributed by atoms with van der Waals surface area (Å²) in [5.41, 5.74) is 0. The van der Waals surface area contributed by atoms with E-state index < -0.39 is 5.97 Å². The van der Waals surface area contributed by atoms with Crippen molar-refractivity contribution in [3.63, 3.8) is 0 Å². The molecule has 2 heterocycles. The van der Waals surface area contributed by atoms with Gasteiger partial charge in [0.25, 0.3) is 0 Å². The van der Waals surface area contributed by atoms with Crippen LogP contribution < -0.4 is 0 Å². The highest BCUT2D eigenvalue weighted by Crippen LogP contribution is 2.28. The van der Waals surface area contributed by atoms with Crippen molar-refractivity contribution in [2.24, 2.45) is 5.92 Å². The van der Waals surface area contributed by atoms with Gasteiger partial charge in [-0.25, -0.2) is 0 Å². The van der Waals surface area contributed by atoms with E-state index >= 15 is 0 Å². The summed E-state index contributed by atoms with van der Waals surface area (Å²) in [6.45, 7) is 7.93. The molecule has 0 aliphatic carbocycles. The minimum Gasteiger partial charge on any atom is -0.481 e. The van der Waals surface area contributed by atoms with Crippen LogP contribution in [-0.4, -0.2) is 58.0 Å². The van der Waals surface area contributed by atoms with E-state index in [2.05, 4.69) is 18.7 Å². The zero-order valence-electron chi connectivity index (χ0n) is 13.4. The SMILES string of the molecule is CC1CCC(C)N1C(C)C(=O)N1CCC(CCC(=O)O)C1. The molecule has 2 rings (SSSR count). The fourth-order valence-electron chi connectivity index (χ4n) is 3.97. The predicted octanol–water partition coefficient (Wildman–Crippen LogP) is 1.96. The molecule has 0 saturated carbocycles. The van der Waals surface area contributed by atoms with Crippen LogP contribution in [0.15, 0.2) is 0 Å². The van der Waals surface area contributed by atoms with Gasteiger partial charge < -0.3 is 10.0 Å². The maximum atomic E-state index is 12.7. The van der Waals surface area contributed by atoms with Crippen LogP contribution in [0.5, 0.6) is 0 Å². The van der Waals surface area contributed by atoms with Crippen molar-refractivity contribution >= 4 is 11.9 Å². The first kappa shape index (κ1) is 16.3. The molecule has 5 nitrogen and oxygen atoms in total. The van der Waals surface area contributed by atoms with Gasteiger partial charge in [0.05, 0.1) is 6.04 Å². The fourth-order valence-corrected chi connectivity index (χ4v) is 3.97. The molecule has 0 aromatic heterocycles. The van der Waals surface area contributed by atoms with Crippen molar-refractivity contribution < 1.29 is 14.7 Å². The average molecular weight is 296 g/mol. The first-order valence-electron chi connectivity index (χ1n) is 8.18. The highest BCUT2D eigenvalue weighted by Gasteiger charge is 2.37. The summed E-state index contributed by atoms with van der Waals surface area (Å²) in [4.78, 5) is 27.6. The normalized spacial score (nSPS) is 31.6. The Morgan fingerprint density at radius 2 is 1.81 bits per heavy atom. The Morgan fingerprint density at radius 3 is 2.38 bits per heavy atom. The lowest BCUT2D eigenvalue weighted by Gasteiger charge is -2.34. The van der Waals surface area contributed by atoms with Gasteiger partial charge in [0.2, 0.25) is 5.91 Å². The second-order valence-electron chi connectivity index (χ2n) is 6.77. The zero-order chi connectivity index (χ0) is 15.6. The van der Waals surface area contributed by atoms with Gasteiger partial charge in [-0.05, 0) is 52.4 Å². The second kappa shape index (κ2) is 6.77. The summed E-state index contributed by atoms with van der Waals surface area (Å²) in [5, 5.41) is 8.75. The highest BCUT2D eigenvalue weighted by molar-refractivity contribution is 5.82. The van der Waals surface area contributed by atoms with Crippen LogP contribution in [0.3, 0.4) is 0 Å². The Morgan fingerprint density at radius 1 is 1.19 bits per heavy atom. The molecule has 2 fully saturated rings. The minimum absolute atomic E-state index is 0.0595. The number of carboxylic acid groups (broad SMARTS) is 1. The van der Waals surface area contributed by atoms with Crippen LogP contribution in [-0.2, 0) is 9.59 Å². The molecule has 0 spiro atoms. The van der Waals surface area contributed by atoms with E-state index in [4.69, 9.17) is 5.11 Å². The Bertz CT molecular complexity index is 389. The Balaban J connectivity index is 1.87. The summed E-state index contributed by atoms with van der Waals surface area (Å²) >= 11 is 0. The maximum Gasteiger partial charge on any atom is 0.303 e. The van der Waals surface area contributed by atoms with Gasteiger partial charge in [-0.2, -0.15) is 0 Å². The third kappa shape index (κ3) is 3.76. The first-order valence-corrected chi connectivity index (χ1v) is 8.18. The number of hydrogen-bond acceptors (Lipinski definition) is 3. The molecule has 0 aromatic rings. The summed E-state index contributed by atoms with van der Waals surface area (Å²) in [7, 11) is 0. The number of rotatable bonds is 5. The van der Waals surface area contributed by atoms with Crippen molar-refractivity contribution in [1.29, 1.82) is 0 Å². The van der Waals surface area contributed by atoms with Gasteiger partial charge in [0, 0.05) is 31.6 Å². The number of carbonyl (C=O) groups excluding carboxylic acids is 1. The molecular weight excluding hydrogens is 268 g/mol. The quantitative estimate of drug-likeness (QED) is 0.842. The molecule has 0 aromatic carbocycles. The average Bonchev–Trinajstić information content (AvgIpc) is 3.02. The standard InChI is InChI=1S/C16H28N2O3/c1-11-4-5-12(2)18(11)13(3)16(21)17-9-8-14(10-17)6-7-15(19)20/h11-14H,4-10H2,1-3H3,(H,19,20). The molecule has 0 radical (unpaired) electrons. The lowest BCUT2D eigenvalue weighted by Crippen LogP contribution is -2.50. The molecular formula is C16H28N2O3. The molecule has 120 valence electrons. The molecule has 4 atom stereocenters. The Labute approximate surface area is 127 Å². The number of hydrogen-bond donors (Lipinski definition) is 1. The van der Waals surface area contributed by atoms with Crippen LogP contribution in [0.1, 0.15) is 52.9 Å². The Hall–Kier alpha value is -1.10. The van der Waals surface area contributed by atoms with Crippen molar-refractivity contribution in [3.8, 4) is 0 Å². The molecule has 0 bridgehead atoms. The number of nitrogens with zero attached hydrogens (tertiary/aromatic N) is 2. The lowest BCUT2D eigenvalue weighted by atomic mass is 10.0. The van der Waals surface area contributed by atoms with E-state index in [-0.39, 0.29) is 18.4 Å². The summed E-state index contributed by atoms with van der Waals surface area (Å²) < 4.78 is 0. The maximum absolute atomic E-state index is 12.7. The van der Waals surface area contributed by atoms with Crippen LogP contribution in [0.4, 0.5) is 0 Å². The summed E-state index contributed by atoms with van der Waals surface area (Å²) in [6.07, 6.45) is 4.17. The third-order valence-electron chi connectivity index (χ3n) is 5.19. The van der Waals surface area contributed by atoms with Crippen molar-refractivity contribution in [2.75, 3.05) is 13.1 Å². The van der Waals surface area contributed by atoms with Gasteiger partial charge in [-0.3, -0.25) is 14.5 Å². The second-order valence-corrected chi connectivity index (χ2v) is 6.77. The largest absolute Gasteiger partial charge is 0.481 e. The van der Waals surface area contributed by atoms with Crippen molar-refractivity contribution in [3.05, 3.63) is 0 Å².